The molecule has 1 unspecified atom stereocenters. The SMILES string of the molecule is O=C(CCn1ccc2ccccc21)NC(Cc1ccccc1)C(=O)NO. The highest BCUT2D eigenvalue weighted by Crippen LogP contribution is 2.15. The van der Waals surface area contributed by atoms with Crippen LogP contribution in [0.1, 0.15) is 12.0 Å². The molecule has 0 radical (unpaired) electrons. The Balaban J connectivity index is 1.61. The van der Waals surface area contributed by atoms with Crippen molar-refractivity contribution in [3.05, 3.63) is 72.4 Å². The number of aryl methyl sites for hydroxylation is 1. The third kappa shape index (κ3) is 4.29. The number of hydrogen-bond acceptors (Lipinski definition) is 3. The van der Waals surface area contributed by atoms with Gasteiger partial charge in [0.2, 0.25) is 5.91 Å². The Labute approximate surface area is 151 Å². The smallest absolute Gasteiger partial charge is 0.266 e. The van der Waals surface area contributed by atoms with Crippen molar-refractivity contribution in [1.29, 1.82) is 0 Å². The molecule has 0 saturated heterocycles. The largest absolute Gasteiger partial charge is 0.347 e. The first kappa shape index (κ1) is 17.7. The van der Waals surface area contributed by atoms with Crippen LogP contribution in [0.3, 0.4) is 0 Å². The van der Waals surface area contributed by atoms with Gasteiger partial charge in [-0.25, -0.2) is 5.48 Å². The number of nitrogens with zero attached hydrogens (tertiary/aromatic N) is 1. The average Bonchev–Trinajstić information content (AvgIpc) is 3.09. The predicted molar refractivity (Wildman–Crippen MR) is 98.6 cm³/mol. The van der Waals surface area contributed by atoms with Crippen LogP contribution in [0.2, 0.25) is 0 Å². The first-order valence-electron chi connectivity index (χ1n) is 8.48. The van der Waals surface area contributed by atoms with E-state index in [0.717, 1.165) is 16.5 Å². The molecule has 6 nitrogen and oxygen atoms in total. The molecule has 3 aromatic rings. The Hall–Kier alpha value is -3.12. The quantitative estimate of drug-likeness (QED) is 0.451. The topological polar surface area (TPSA) is 83.4 Å². The highest BCUT2D eigenvalue weighted by atomic mass is 16.5. The molecule has 1 aromatic heterocycles. The molecule has 2 aromatic carbocycles. The Morgan fingerprint density at radius 2 is 1.73 bits per heavy atom. The van der Waals surface area contributed by atoms with E-state index in [9.17, 15) is 9.59 Å². The van der Waals surface area contributed by atoms with Gasteiger partial charge in [-0.3, -0.25) is 14.8 Å². The number of benzene rings is 2. The molecule has 0 bridgehead atoms. The lowest BCUT2D eigenvalue weighted by molar-refractivity contribution is -0.134. The first-order valence-corrected chi connectivity index (χ1v) is 8.48. The van der Waals surface area contributed by atoms with E-state index in [1.54, 1.807) is 5.48 Å². The lowest BCUT2D eigenvalue weighted by atomic mass is 10.1. The van der Waals surface area contributed by atoms with Gasteiger partial charge in [-0.05, 0) is 23.1 Å². The van der Waals surface area contributed by atoms with Crippen LogP contribution in [-0.4, -0.2) is 27.6 Å². The van der Waals surface area contributed by atoms with Gasteiger partial charge in [-0.2, -0.15) is 0 Å². The van der Waals surface area contributed by atoms with Crippen LogP contribution in [0.5, 0.6) is 0 Å². The number of amides is 2. The fourth-order valence-electron chi connectivity index (χ4n) is 2.96. The highest BCUT2D eigenvalue weighted by Gasteiger charge is 2.20. The summed E-state index contributed by atoms with van der Waals surface area (Å²) < 4.78 is 2.01. The van der Waals surface area contributed by atoms with Crippen LogP contribution < -0.4 is 10.8 Å². The van der Waals surface area contributed by atoms with E-state index in [-0.39, 0.29) is 12.3 Å². The molecule has 2 amide bonds. The van der Waals surface area contributed by atoms with Gasteiger partial charge in [0.1, 0.15) is 6.04 Å². The molecule has 0 saturated carbocycles. The lowest BCUT2D eigenvalue weighted by Gasteiger charge is -2.17. The summed E-state index contributed by atoms with van der Waals surface area (Å²) in [5, 5.41) is 12.8. The Bertz CT molecular complexity index is 889. The number of carbonyl (C=O) groups is 2. The summed E-state index contributed by atoms with van der Waals surface area (Å²) in [5.41, 5.74) is 3.59. The summed E-state index contributed by atoms with van der Waals surface area (Å²) >= 11 is 0. The van der Waals surface area contributed by atoms with Crippen molar-refractivity contribution in [3.63, 3.8) is 0 Å². The zero-order chi connectivity index (χ0) is 18.4. The normalized spacial score (nSPS) is 11.9. The van der Waals surface area contributed by atoms with Crippen molar-refractivity contribution < 1.29 is 14.8 Å². The first-order chi connectivity index (χ1) is 12.7. The van der Waals surface area contributed by atoms with Gasteiger partial charge in [-0.15, -0.1) is 0 Å². The van der Waals surface area contributed by atoms with E-state index < -0.39 is 11.9 Å². The molecule has 0 aliphatic rings. The fourth-order valence-corrected chi connectivity index (χ4v) is 2.96. The Morgan fingerprint density at radius 3 is 2.50 bits per heavy atom. The van der Waals surface area contributed by atoms with Crippen LogP contribution in [0.25, 0.3) is 10.9 Å². The second-order valence-corrected chi connectivity index (χ2v) is 6.10. The van der Waals surface area contributed by atoms with Crippen LogP contribution in [0.15, 0.2) is 66.9 Å². The van der Waals surface area contributed by atoms with Gasteiger partial charge in [0.25, 0.3) is 5.91 Å². The number of hydroxylamine groups is 1. The number of aromatic nitrogens is 1. The van der Waals surface area contributed by atoms with Gasteiger partial charge >= 0.3 is 0 Å². The molecule has 1 atom stereocenters. The Kier molecular flexibility index (Phi) is 5.66. The maximum absolute atomic E-state index is 12.3. The predicted octanol–water partition coefficient (Wildman–Crippen LogP) is 2.26. The Morgan fingerprint density at radius 1 is 1.00 bits per heavy atom. The van der Waals surface area contributed by atoms with Crippen molar-refractivity contribution >= 4 is 22.7 Å². The molecule has 26 heavy (non-hydrogen) atoms. The van der Waals surface area contributed by atoms with Gasteiger partial charge in [-0.1, -0.05) is 48.5 Å². The second kappa shape index (κ2) is 8.31. The van der Waals surface area contributed by atoms with E-state index in [1.807, 2.05) is 71.4 Å². The molecule has 0 spiro atoms. The van der Waals surface area contributed by atoms with Gasteiger partial charge in [0.15, 0.2) is 0 Å². The lowest BCUT2D eigenvalue weighted by Crippen LogP contribution is -2.47. The standard InChI is InChI=1S/C20H21N3O3/c24-19(11-13-23-12-10-16-8-4-5-9-18(16)23)21-17(20(25)22-26)14-15-6-2-1-3-7-15/h1-10,12,17,26H,11,13-14H2,(H,21,24)(H,22,25). The zero-order valence-electron chi connectivity index (χ0n) is 14.3. The number of nitrogens with one attached hydrogen (secondary N) is 2. The average molecular weight is 351 g/mol. The molecule has 134 valence electrons. The monoisotopic (exact) mass is 351 g/mol. The minimum atomic E-state index is -0.823. The number of hydrogen-bond donors (Lipinski definition) is 3. The molecule has 0 aliphatic carbocycles. The van der Waals surface area contributed by atoms with Crippen LogP contribution in [0, 0.1) is 0 Å². The highest BCUT2D eigenvalue weighted by molar-refractivity contribution is 5.87. The summed E-state index contributed by atoms with van der Waals surface area (Å²) in [4.78, 5) is 24.2. The maximum atomic E-state index is 12.3. The summed E-state index contributed by atoms with van der Waals surface area (Å²) in [6.45, 7) is 0.512. The van der Waals surface area contributed by atoms with E-state index in [0.29, 0.717) is 13.0 Å². The summed E-state index contributed by atoms with van der Waals surface area (Å²) in [6.07, 6.45) is 2.49. The van der Waals surface area contributed by atoms with Gasteiger partial charge < -0.3 is 9.88 Å². The van der Waals surface area contributed by atoms with E-state index in [1.165, 1.54) is 0 Å². The number of fused-ring (bicyclic) bond motifs is 1. The van der Waals surface area contributed by atoms with Crippen molar-refractivity contribution in [3.8, 4) is 0 Å². The van der Waals surface area contributed by atoms with Crippen molar-refractivity contribution in [2.75, 3.05) is 0 Å². The van der Waals surface area contributed by atoms with Crippen molar-refractivity contribution in [2.45, 2.75) is 25.4 Å². The van der Waals surface area contributed by atoms with Crippen LogP contribution in [0.4, 0.5) is 0 Å². The molecule has 3 rings (SSSR count). The molecular weight excluding hydrogens is 330 g/mol. The van der Waals surface area contributed by atoms with Gasteiger partial charge in [0, 0.05) is 31.1 Å². The molecular formula is C20H21N3O3. The molecule has 6 heteroatoms. The molecule has 0 aliphatic heterocycles. The number of carbonyl (C=O) groups excluding carboxylic acids is 2. The zero-order valence-corrected chi connectivity index (χ0v) is 14.3. The van der Waals surface area contributed by atoms with E-state index in [2.05, 4.69) is 5.32 Å². The summed E-state index contributed by atoms with van der Waals surface area (Å²) in [6, 6.07) is 18.5. The van der Waals surface area contributed by atoms with Gasteiger partial charge in [0.05, 0.1) is 0 Å². The fraction of sp³-hybridized carbons (Fsp3) is 0.200. The van der Waals surface area contributed by atoms with Crippen molar-refractivity contribution in [2.24, 2.45) is 0 Å². The molecule has 1 heterocycles. The third-order valence-electron chi connectivity index (χ3n) is 4.30. The summed E-state index contributed by atoms with van der Waals surface area (Å²) in [5.74, 6) is -0.874. The van der Waals surface area contributed by atoms with Crippen LogP contribution >= 0.6 is 0 Å². The van der Waals surface area contributed by atoms with Crippen LogP contribution in [-0.2, 0) is 22.6 Å². The third-order valence-corrected chi connectivity index (χ3v) is 4.30. The maximum Gasteiger partial charge on any atom is 0.266 e. The van der Waals surface area contributed by atoms with E-state index in [4.69, 9.17) is 5.21 Å². The summed E-state index contributed by atoms with van der Waals surface area (Å²) in [7, 11) is 0. The van der Waals surface area contributed by atoms with Crippen molar-refractivity contribution in [1.82, 2.24) is 15.4 Å². The minimum absolute atomic E-state index is 0.239. The molecule has 3 N–H and O–H groups in total. The van der Waals surface area contributed by atoms with E-state index >= 15 is 0 Å². The molecule has 0 fully saturated rings. The second-order valence-electron chi connectivity index (χ2n) is 6.10. The number of para-hydroxylation sites is 1. The minimum Gasteiger partial charge on any atom is -0.347 e. The number of rotatable bonds is 7.